The molecule has 0 aliphatic carbocycles. The molecule has 0 unspecified atom stereocenters. The molecule has 2 amide bonds. The second kappa shape index (κ2) is 20.1. The number of aryl methyl sites for hydroxylation is 1. The van der Waals surface area contributed by atoms with Crippen LogP contribution in [0.3, 0.4) is 0 Å². The number of fused-ring (bicyclic) bond motifs is 2. The lowest BCUT2D eigenvalue weighted by Crippen LogP contribution is -2.27. The number of pyridine rings is 2. The zero-order chi connectivity index (χ0) is 41.7. The maximum Gasteiger partial charge on any atom is 0.335 e. The molecule has 0 saturated heterocycles. The molecule has 3 N–H and O–H groups in total. The molecule has 2 aliphatic heterocycles. The summed E-state index contributed by atoms with van der Waals surface area (Å²) in [4.78, 5) is 58.9. The standard InChI is InChI=1S/C25H24N2O2.C18H17NO3.C6H8N2/c1-2-25(29)27-16-13-22-17-21(8-9-23(22)27)19-4-6-20(7-5-19)24(28)10-3-18-11-14-26-15-12-18;1-2-17(20)19-10-9-15-11-14(7-8-16(15)19)12-3-5-13(6-4-12)18(21)22;7-5-6-1-3-8-4-2-6/h4-9,11-12,14-15,17H,2-3,10,13,16H2,1H3;3-8,11H,2,9-10H2,1H3,(H,21,22);1-4H,5,7H2. The number of hydrogen-bond acceptors (Lipinski definition) is 7. The molecule has 59 heavy (non-hydrogen) atoms. The number of nitrogens with zero attached hydrogens (tertiary/aromatic N) is 4. The van der Waals surface area contributed by atoms with Crippen LogP contribution in [0, 0.1) is 0 Å². The highest BCUT2D eigenvalue weighted by atomic mass is 16.4. The predicted molar refractivity (Wildman–Crippen MR) is 232 cm³/mol. The Labute approximate surface area is 345 Å². The third kappa shape index (κ3) is 10.6. The van der Waals surface area contributed by atoms with E-state index in [0.717, 1.165) is 82.7 Å². The summed E-state index contributed by atoms with van der Waals surface area (Å²) in [5.41, 5.74) is 17.2. The van der Waals surface area contributed by atoms with Crippen LogP contribution >= 0.6 is 0 Å². The molecule has 300 valence electrons. The summed E-state index contributed by atoms with van der Waals surface area (Å²) >= 11 is 0. The van der Waals surface area contributed by atoms with E-state index in [1.165, 1.54) is 11.1 Å². The summed E-state index contributed by atoms with van der Waals surface area (Å²) < 4.78 is 0. The minimum Gasteiger partial charge on any atom is -0.478 e. The first-order valence-electron chi connectivity index (χ1n) is 20.0. The first kappa shape index (κ1) is 41.8. The third-order valence-corrected chi connectivity index (χ3v) is 10.5. The van der Waals surface area contributed by atoms with Crippen LogP contribution in [0.2, 0.25) is 0 Å². The molecule has 0 radical (unpaired) electrons. The van der Waals surface area contributed by atoms with Crippen molar-refractivity contribution in [3.8, 4) is 22.3 Å². The van der Waals surface area contributed by atoms with E-state index in [9.17, 15) is 19.2 Å². The van der Waals surface area contributed by atoms with E-state index in [2.05, 4.69) is 28.2 Å². The van der Waals surface area contributed by atoms with Gasteiger partial charge in [-0.2, -0.15) is 0 Å². The van der Waals surface area contributed by atoms with Gasteiger partial charge in [0.15, 0.2) is 5.78 Å². The van der Waals surface area contributed by atoms with Gasteiger partial charge >= 0.3 is 5.97 Å². The smallest absolute Gasteiger partial charge is 0.335 e. The summed E-state index contributed by atoms with van der Waals surface area (Å²) in [5.74, 6) is -0.450. The molecule has 0 atom stereocenters. The highest BCUT2D eigenvalue weighted by molar-refractivity contribution is 5.98. The van der Waals surface area contributed by atoms with E-state index in [1.807, 2.05) is 103 Å². The number of nitrogens with two attached hydrogens (primary N) is 1. The van der Waals surface area contributed by atoms with Gasteiger partial charge in [0.2, 0.25) is 11.8 Å². The van der Waals surface area contributed by atoms with Gasteiger partial charge in [-0.1, -0.05) is 62.4 Å². The summed E-state index contributed by atoms with van der Waals surface area (Å²) in [6.07, 6.45) is 11.0. The Morgan fingerprint density at radius 3 is 1.41 bits per heavy atom. The fourth-order valence-corrected chi connectivity index (χ4v) is 7.19. The zero-order valence-electron chi connectivity index (χ0n) is 33.5. The number of hydrogen-bond donors (Lipinski definition) is 2. The number of aromatic carboxylic acids is 1. The van der Waals surface area contributed by atoms with Crippen molar-refractivity contribution in [1.29, 1.82) is 0 Å². The Hall–Kier alpha value is -6.78. The number of rotatable bonds is 10. The number of anilines is 2. The molecule has 10 nitrogen and oxygen atoms in total. The van der Waals surface area contributed by atoms with Crippen LogP contribution in [-0.4, -0.2) is 51.7 Å². The molecular weight excluding hydrogens is 739 g/mol. The number of carboxylic acids is 1. The average molecular weight is 788 g/mol. The molecule has 2 aliphatic rings. The number of benzene rings is 4. The van der Waals surface area contributed by atoms with E-state index in [1.54, 1.807) is 36.9 Å². The van der Waals surface area contributed by atoms with Gasteiger partial charge in [0.1, 0.15) is 0 Å². The van der Waals surface area contributed by atoms with Crippen LogP contribution < -0.4 is 15.5 Å². The zero-order valence-corrected chi connectivity index (χ0v) is 33.5. The van der Waals surface area contributed by atoms with Crippen molar-refractivity contribution in [2.75, 3.05) is 22.9 Å². The lowest BCUT2D eigenvalue weighted by atomic mass is 9.98. The SMILES string of the molecule is CCC(=O)N1CCc2cc(-c3ccc(C(=O)CCc4ccncc4)cc3)ccc21.CCC(=O)N1CCc2cc(-c3ccc(C(=O)O)cc3)ccc21.NCc1ccncc1. The lowest BCUT2D eigenvalue weighted by molar-refractivity contribution is -0.119. The molecule has 4 heterocycles. The van der Waals surface area contributed by atoms with Gasteiger partial charge in [0, 0.05) is 80.6 Å². The van der Waals surface area contributed by atoms with E-state index in [-0.39, 0.29) is 23.2 Å². The van der Waals surface area contributed by atoms with Crippen molar-refractivity contribution in [2.45, 2.75) is 58.9 Å². The number of ketones is 1. The second-order valence-corrected chi connectivity index (χ2v) is 14.3. The molecule has 0 fully saturated rings. The van der Waals surface area contributed by atoms with E-state index in [0.29, 0.717) is 25.8 Å². The highest BCUT2D eigenvalue weighted by Crippen LogP contribution is 2.34. The quantitative estimate of drug-likeness (QED) is 0.131. The van der Waals surface area contributed by atoms with Gasteiger partial charge in [0.05, 0.1) is 5.56 Å². The number of carbonyl (C=O) groups excluding carboxylic acids is 3. The largest absolute Gasteiger partial charge is 0.478 e. The van der Waals surface area contributed by atoms with Crippen LogP contribution in [0.25, 0.3) is 22.3 Å². The van der Waals surface area contributed by atoms with Crippen molar-refractivity contribution in [3.63, 3.8) is 0 Å². The summed E-state index contributed by atoms with van der Waals surface area (Å²) in [6.45, 7) is 5.87. The summed E-state index contributed by atoms with van der Waals surface area (Å²) in [5, 5.41) is 8.94. The van der Waals surface area contributed by atoms with Crippen molar-refractivity contribution in [2.24, 2.45) is 5.73 Å². The van der Waals surface area contributed by atoms with Crippen molar-refractivity contribution >= 4 is 34.9 Å². The molecular formula is C49H49N5O5. The molecule has 0 saturated carbocycles. The van der Waals surface area contributed by atoms with E-state index >= 15 is 0 Å². The van der Waals surface area contributed by atoms with Crippen LogP contribution in [0.5, 0.6) is 0 Å². The molecule has 0 spiro atoms. The lowest BCUT2D eigenvalue weighted by Gasteiger charge is -2.16. The number of Topliss-reactive ketones (excluding diaryl/α,β-unsaturated/α-hetero) is 1. The van der Waals surface area contributed by atoms with Gasteiger partial charge in [0.25, 0.3) is 0 Å². The second-order valence-electron chi connectivity index (χ2n) is 14.3. The minimum absolute atomic E-state index is 0.149. The van der Waals surface area contributed by atoms with Crippen LogP contribution in [-0.2, 0) is 35.4 Å². The molecule has 0 bridgehead atoms. The number of amides is 2. The van der Waals surface area contributed by atoms with Crippen molar-refractivity contribution in [1.82, 2.24) is 9.97 Å². The number of carbonyl (C=O) groups is 4. The van der Waals surface area contributed by atoms with Crippen LogP contribution in [0.4, 0.5) is 11.4 Å². The third-order valence-electron chi connectivity index (χ3n) is 10.5. The summed E-state index contributed by atoms with van der Waals surface area (Å²) in [7, 11) is 0. The Morgan fingerprint density at radius 1 is 0.576 bits per heavy atom. The first-order chi connectivity index (χ1) is 28.7. The first-order valence-corrected chi connectivity index (χ1v) is 20.0. The fraction of sp³-hybridized carbons (Fsp3) is 0.224. The Kier molecular flexibility index (Phi) is 14.2. The maximum atomic E-state index is 12.5. The summed E-state index contributed by atoms with van der Waals surface area (Å²) in [6, 6.07) is 34.7. The van der Waals surface area contributed by atoms with Crippen LogP contribution in [0.1, 0.15) is 76.1 Å². The molecule has 2 aromatic heterocycles. The maximum absolute atomic E-state index is 12.5. The monoisotopic (exact) mass is 787 g/mol. The molecule has 8 rings (SSSR count). The topological polar surface area (TPSA) is 147 Å². The molecule has 6 aromatic rings. The van der Waals surface area contributed by atoms with Crippen LogP contribution in [0.15, 0.2) is 134 Å². The Morgan fingerprint density at radius 2 is 1.00 bits per heavy atom. The van der Waals surface area contributed by atoms with Gasteiger partial charge in [-0.25, -0.2) is 4.79 Å². The van der Waals surface area contributed by atoms with E-state index in [4.69, 9.17) is 10.8 Å². The van der Waals surface area contributed by atoms with E-state index < -0.39 is 5.97 Å². The van der Waals surface area contributed by atoms with Gasteiger partial charge < -0.3 is 20.6 Å². The van der Waals surface area contributed by atoms with Gasteiger partial charge in [-0.15, -0.1) is 0 Å². The Bertz CT molecular complexity index is 2380. The number of carboxylic acid groups (broad SMARTS) is 1. The highest BCUT2D eigenvalue weighted by Gasteiger charge is 2.25. The van der Waals surface area contributed by atoms with Crippen molar-refractivity contribution in [3.05, 3.63) is 167 Å². The molecule has 4 aromatic carbocycles. The Balaban J connectivity index is 0.000000171. The molecule has 10 heteroatoms. The van der Waals surface area contributed by atoms with Gasteiger partial charge in [-0.05, 0) is 124 Å². The average Bonchev–Trinajstić information content (AvgIpc) is 3.93. The minimum atomic E-state index is -0.922. The number of aromatic nitrogens is 2. The van der Waals surface area contributed by atoms with Crippen molar-refractivity contribution < 1.29 is 24.3 Å². The predicted octanol–water partition coefficient (Wildman–Crippen LogP) is 8.75. The fourth-order valence-electron chi connectivity index (χ4n) is 7.19. The van der Waals surface area contributed by atoms with Gasteiger partial charge in [-0.3, -0.25) is 24.4 Å². The normalized spacial score (nSPS) is 12.3.